The Morgan fingerprint density at radius 3 is 2.75 bits per heavy atom. The van der Waals surface area contributed by atoms with Crippen LogP contribution in [0.5, 0.6) is 5.75 Å². The van der Waals surface area contributed by atoms with Crippen molar-refractivity contribution in [2.24, 2.45) is 10.9 Å². The second-order valence-corrected chi connectivity index (χ2v) is 8.05. The molecule has 28 heavy (non-hydrogen) atoms. The highest BCUT2D eigenvalue weighted by Crippen LogP contribution is 2.34. The van der Waals surface area contributed by atoms with Crippen molar-refractivity contribution in [2.45, 2.75) is 45.4 Å². The average Bonchev–Trinajstić information content (AvgIpc) is 3.38. The molecule has 0 radical (unpaired) electrons. The summed E-state index contributed by atoms with van der Waals surface area (Å²) < 4.78 is 30.0. The van der Waals surface area contributed by atoms with Crippen molar-refractivity contribution in [1.82, 2.24) is 15.5 Å². The maximum Gasteiger partial charge on any atom is 0.387 e. The van der Waals surface area contributed by atoms with Crippen LogP contribution in [0, 0.1) is 5.92 Å². The Kier molecular flexibility index (Phi) is 7.60. The van der Waals surface area contributed by atoms with E-state index in [1.807, 2.05) is 6.92 Å². The van der Waals surface area contributed by atoms with Gasteiger partial charge in [-0.05, 0) is 50.8 Å². The Balaban J connectivity index is 1.62. The molecular weight excluding hydrogens is 409 g/mol. The van der Waals surface area contributed by atoms with Crippen molar-refractivity contribution in [3.63, 3.8) is 0 Å². The van der Waals surface area contributed by atoms with E-state index in [4.69, 9.17) is 23.2 Å². The Labute approximate surface area is 174 Å². The number of alkyl halides is 2. The van der Waals surface area contributed by atoms with E-state index < -0.39 is 6.61 Å². The molecule has 156 valence electrons. The molecular formula is C19H26Cl2F2N4O. The third-order valence-electron chi connectivity index (χ3n) is 4.98. The van der Waals surface area contributed by atoms with Crippen LogP contribution in [0.25, 0.3) is 0 Å². The van der Waals surface area contributed by atoms with Crippen molar-refractivity contribution in [3.05, 3.63) is 27.7 Å². The summed E-state index contributed by atoms with van der Waals surface area (Å²) in [5.74, 6) is 1.13. The van der Waals surface area contributed by atoms with E-state index >= 15 is 0 Å². The summed E-state index contributed by atoms with van der Waals surface area (Å²) in [6.07, 6.45) is 3.84. The number of guanidine groups is 1. The van der Waals surface area contributed by atoms with Crippen molar-refractivity contribution in [1.29, 1.82) is 0 Å². The van der Waals surface area contributed by atoms with Crippen LogP contribution in [0.2, 0.25) is 10.0 Å². The summed E-state index contributed by atoms with van der Waals surface area (Å²) >= 11 is 12.0. The number of hydrogen-bond donors (Lipinski definition) is 2. The predicted molar refractivity (Wildman–Crippen MR) is 109 cm³/mol. The highest BCUT2D eigenvalue weighted by molar-refractivity contribution is 6.35. The van der Waals surface area contributed by atoms with Crippen molar-refractivity contribution in [3.8, 4) is 5.75 Å². The SMILES string of the molecule is CCNC(=NCc1cc(Cl)cc(Cl)c1OC(F)F)NCC1CCN(C2CC2)C1. The summed E-state index contributed by atoms with van der Waals surface area (Å²) in [4.78, 5) is 7.07. The van der Waals surface area contributed by atoms with E-state index in [9.17, 15) is 8.78 Å². The first-order valence-corrected chi connectivity index (χ1v) is 10.4. The van der Waals surface area contributed by atoms with Gasteiger partial charge in [0.1, 0.15) is 5.75 Å². The van der Waals surface area contributed by atoms with Gasteiger partial charge in [-0.2, -0.15) is 8.78 Å². The molecule has 1 unspecified atom stereocenters. The van der Waals surface area contributed by atoms with Crippen LogP contribution in [-0.4, -0.2) is 49.7 Å². The molecule has 1 heterocycles. The third-order valence-corrected chi connectivity index (χ3v) is 5.48. The number of aliphatic imine (C=N–C) groups is 1. The first-order chi connectivity index (χ1) is 13.5. The Hall–Kier alpha value is -1.31. The zero-order valence-electron chi connectivity index (χ0n) is 15.9. The number of ether oxygens (including phenoxy) is 1. The molecule has 5 nitrogen and oxygen atoms in total. The standard InChI is InChI=1S/C19H26Cl2F2N4O/c1-2-24-19(25-9-12-5-6-27(11-12)15-3-4-15)26-10-13-7-14(20)8-16(21)17(13)28-18(22)23/h7-8,12,15,18H,2-6,9-11H2,1H3,(H2,24,25,26). The molecule has 1 aliphatic carbocycles. The van der Waals surface area contributed by atoms with Gasteiger partial charge < -0.3 is 20.3 Å². The zero-order valence-corrected chi connectivity index (χ0v) is 17.4. The molecule has 1 aliphatic heterocycles. The minimum atomic E-state index is -2.97. The van der Waals surface area contributed by atoms with E-state index in [2.05, 4.69) is 25.3 Å². The molecule has 1 aromatic carbocycles. The maximum absolute atomic E-state index is 12.7. The van der Waals surface area contributed by atoms with Crippen molar-refractivity contribution >= 4 is 29.2 Å². The van der Waals surface area contributed by atoms with E-state index in [0.29, 0.717) is 29.0 Å². The second kappa shape index (κ2) is 9.94. The number of hydrogen-bond acceptors (Lipinski definition) is 3. The Bertz CT molecular complexity index is 701. The smallest absolute Gasteiger partial charge is 0.387 e. The first kappa shape index (κ1) is 21.4. The van der Waals surface area contributed by atoms with Gasteiger partial charge in [0.15, 0.2) is 5.96 Å². The topological polar surface area (TPSA) is 48.9 Å². The number of nitrogens with zero attached hydrogens (tertiary/aromatic N) is 2. The fourth-order valence-electron chi connectivity index (χ4n) is 3.50. The molecule has 9 heteroatoms. The quantitative estimate of drug-likeness (QED) is 0.476. The normalized spacial score (nSPS) is 20.6. The number of rotatable bonds is 8. The van der Waals surface area contributed by atoms with Crippen LogP contribution in [0.3, 0.4) is 0 Å². The van der Waals surface area contributed by atoms with Gasteiger partial charge in [0.25, 0.3) is 0 Å². The highest BCUT2D eigenvalue weighted by atomic mass is 35.5. The maximum atomic E-state index is 12.7. The van der Waals surface area contributed by atoms with E-state index in [-0.39, 0.29) is 17.3 Å². The summed E-state index contributed by atoms with van der Waals surface area (Å²) in [5.41, 5.74) is 0.413. The first-order valence-electron chi connectivity index (χ1n) is 9.65. The number of halogens is 4. The lowest BCUT2D eigenvalue weighted by molar-refractivity contribution is -0.0503. The predicted octanol–water partition coefficient (Wildman–Crippen LogP) is 4.13. The van der Waals surface area contributed by atoms with Crippen LogP contribution in [0.1, 0.15) is 31.7 Å². The second-order valence-electron chi connectivity index (χ2n) is 7.21. The van der Waals surface area contributed by atoms with Gasteiger partial charge in [0.05, 0.1) is 11.6 Å². The Morgan fingerprint density at radius 1 is 1.29 bits per heavy atom. The molecule has 2 aliphatic rings. The zero-order chi connectivity index (χ0) is 20.1. The van der Waals surface area contributed by atoms with Gasteiger partial charge in [-0.15, -0.1) is 0 Å². The summed E-state index contributed by atoms with van der Waals surface area (Å²) in [6, 6.07) is 3.72. The van der Waals surface area contributed by atoms with E-state index in [0.717, 1.165) is 19.1 Å². The Morgan fingerprint density at radius 2 is 2.07 bits per heavy atom. The van der Waals surface area contributed by atoms with Crippen molar-refractivity contribution < 1.29 is 13.5 Å². The summed E-state index contributed by atoms with van der Waals surface area (Å²) in [7, 11) is 0. The van der Waals surface area contributed by atoms with Crippen LogP contribution >= 0.6 is 23.2 Å². The molecule has 2 fully saturated rings. The molecule has 1 saturated heterocycles. The number of likely N-dealkylation sites (tertiary alicyclic amines) is 1. The molecule has 0 bridgehead atoms. The summed E-state index contributed by atoms with van der Waals surface area (Å²) in [6.45, 7) is 2.94. The molecule has 0 aromatic heterocycles. The third kappa shape index (κ3) is 6.09. The fourth-order valence-corrected chi connectivity index (χ4v) is 4.08. The molecule has 3 rings (SSSR count). The number of benzene rings is 1. The van der Waals surface area contributed by atoms with E-state index in [1.54, 1.807) is 6.07 Å². The molecule has 2 N–H and O–H groups in total. The average molecular weight is 435 g/mol. The van der Waals surface area contributed by atoms with Gasteiger partial charge in [0, 0.05) is 36.3 Å². The van der Waals surface area contributed by atoms with Gasteiger partial charge >= 0.3 is 6.61 Å². The van der Waals surface area contributed by atoms with Gasteiger partial charge in [0.2, 0.25) is 0 Å². The van der Waals surface area contributed by atoms with Crippen LogP contribution in [0.4, 0.5) is 8.78 Å². The summed E-state index contributed by atoms with van der Waals surface area (Å²) in [5, 5.41) is 6.93. The van der Waals surface area contributed by atoms with Crippen LogP contribution < -0.4 is 15.4 Å². The van der Waals surface area contributed by atoms with Crippen LogP contribution in [0.15, 0.2) is 17.1 Å². The lowest BCUT2D eigenvalue weighted by Gasteiger charge is -2.17. The molecule has 1 saturated carbocycles. The molecule has 0 spiro atoms. The molecule has 1 aromatic rings. The lowest BCUT2D eigenvalue weighted by atomic mass is 10.1. The lowest BCUT2D eigenvalue weighted by Crippen LogP contribution is -2.40. The van der Waals surface area contributed by atoms with Gasteiger partial charge in [-0.1, -0.05) is 23.2 Å². The van der Waals surface area contributed by atoms with Crippen molar-refractivity contribution in [2.75, 3.05) is 26.2 Å². The monoisotopic (exact) mass is 434 g/mol. The molecule has 0 amide bonds. The van der Waals surface area contributed by atoms with Crippen LogP contribution in [-0.2, 0) is 6.54 Å². The minimum Gasteiger partial charge on any atom is -0.433 e. The van der Waals surface area contributed by atoms with E-state index in [1.165, 1.54) is 31.9 Å². The largest absolute Gasteiger partial charge is 0.433 e. The fraction of sp³-hybridized carbons (Fsp3) is 0.632. The highest BCUT2D eigenvalue weighted by Gasteiger charge is 2.34. The number of nitrogens with one attached hydrogen (secondary N) is 2. The van der Waals surface area contributed by atoms with Gasteiger partial charge in [-0.25, -0.2) is 4.99 Å². The molecule has 1 atom stereocenters. The minimum absolute atomic E-state index is 0.0436. The van der Waals surface area contributed by atoms with Gasteiger partial charge in [-0.3, -0.25) is 0 Å².